The number of ether oxygens (including phenoxy) is 2. The fourth-order valence-electron chi connectivity index (χ4n) is 4.29. The predicted octanol–water partition coefficient (Wildman–Crippen LogP) is 6.20. The summed E-state index contributed by atoms with van der Waals surface area (Å²) in [5.41, 5.74) is 0.559. The third-order valence-corrected chi connectivity index (χ3v) is 7.23. The Morgan fingerprint density at radius 2 is 1.93 bits per heavy atom. The van der Waals surface area contributed by atoms with E-state index in [1.165, 1.54) is 13.2 Å². The van der Waals surface area contributed by atoms with Crippen LogP contribution < -0.4 is 14.4 Å². The first kappa shape index (κ1) is 20.3. The first-order valence-corrected chi connectivity index (χ1v) is 10.3. The average molecular weight is 500 g/mol. The molecule has 0 aromatic heterocycles. The summed E-state index contributed by atoms with van der Waals surface area (Å²) in [6.45, 7) is 4.06. The van der Waals surface area contributed by atoms with Crippen molar-refractivity contribution in [3.63, 3.8) is 0 Å². The molecule has 1 atom stereocenters. The lowest BCUT2D eigenvalue weighted by atomic mass is 9.76. The number of rotatable bonds is 2. The normalized spacial score (nSPS) is 21.0. The van der Waals surface area contributed by atoms with Crippen LogP contribution in [-0.2, 0) is 5.41 Å². The van der Waals surface area contributed by atoms with Gasteiger partial charge in [-0.05, 0) is 54.1 Å². The second-order valence-electron chi connectivity index (χ2n) is 7.48. The van der Waals surface area contributed by atoms with E-state index < -0.39 is 16.1 Å². The molecule has 6 nitrogen and oxygen atoms in total. The molecule has 0 aliphatic carbocycles. The maximum atomic E-state index is 11.4. The molecular weight excluding hydrogens is 483 g/mol. The van der Waals surface area contributed by atoms with Gasteiger partial charge in [-0.1, -0.05) is 23.2 Å². The van der Waals surface area contributed by atoms with Crippen LogP contribution in [0.2, 0.25) is 10.0 Å². The second kappa shape index (κ2) is 6.52. The SMILES string of the molecule is COc1cc([N+](=O)[O-])c(Br)c2c1OC1(C=C2)N(C)c2c(Cl)ccc(Cl)c2C1(C)C. The van der Waals surface area contributed by atoms with Crippen molar-refractivity contribution in [2.24, 2.45) is 0 Å². The predicted molar refractivity (Wildman–Crippen MR) is 118 cm³/mol. The van der Waals surface area contributed by atoms with Gasteiger partial charge in [-0.25, -0.2) is 0 Å². The number of hydrogen-bond donors (Lipinski definition) is 0. The van der Waals surface area contributed by atoms with Crippen molar-refractivity contribution in [3.8, 4) is 11.5 Å². The Bertz CT molecular complexity index is 1100. The molecule has 29 heavy (non-hydrogen) atoms. The van der Waals surface area contributed by atoms with Crippen LogP contribution in [0, 0.1) is 10.1 Å². The summed E-state index contributed by atoms with van der Waals surface area (Å²) in [6, 6.07) is 4.89. The zero-order valence-corrected chi connectivity index (χ0v) is 19.1. The number of nitro benzene ring substituents is 1. The highest BCUT2D eigenvalue weighted by atomic mass is 79.9. The topological polar surface area (TPSA) is 64.8 Å². The molecule has 4 rings (SSSR count). The molecule has 2 aromatic rings. The lowest BCUT2D eigenvalue weighted by molar-refractivity contribution is -0.385. The Kier molecular flexibility index (Phi) is 4.57. The van der Waals surface area contributed by atoms with E-state index in [9.17, 15) is 10.1 Å². The molecule has 0 amide bonds. The number of nitro groups is 1. The van der Waals surface area contributed by atoms with Crippen molar-refractivity contribution >= 4 is 56.6 Å². The number of likely N-dealkylation sites (N-methyl/N-ethyl adjacent to an activating group) is 1. The number of anilines is 1. The molecule has 9 heteroatoms. The van der Waals surface area contributed by atoms with Gasteiger partial charge in [0.15, 0.2) is 11.5 Å². The molecule has 0 radical (unpaired) electrons. The lowest BCUT2D eigenvalue weighted by Gasteiger charge is -2.46. The number of methoxy groups -OCH3 is 1. The molecule has 2 heterocycles. The van der Waals surface area contributed by atoms with Crippen LogP contribution in [0.3, 0.4) is 0 Å². The maximum absolute atomic E-state index is 11.4. The van der Waals surface area contributed by atoms with Crippen LogP contribution in [-0.4, -0.2) is 24.8 Å². The summed E-state index contributed by atoms with van der Waals surface area (Å²) in [4.78, 5) is 12.9. The van der Waals surface area contributed by atoms with Crippen LogP contribution in [0.5, 0.6) is 11.5 Å². The first-order chi connectivity index (χ1) is 13.6. The van der Waals surface area contributed by atoms with Gasteiger partial charge in [0.25, 0.3) is 5.69 Å². The molecule has 2 aliphatic heterocycles. The van der Waals surface area contributed by atoms with Crippen molar-refractivity contribution in [3.05, 3.63) is 60.0 Å². The first-order valence-electron chi connectivity index (χ1n) is 8.72. The second-order valence-corrected chi connectivity index (χ2v) is 9.09. The molecule has 1 spiro atoms. The van der Waals surface area contributed by atoms with E-state index in [2.05, 4.69) is 15.9 Å². The highest BCUT2D eigenvalue weighted by Gasteiger charge is 2.59. The van der Waals surface area contributed by atoms with E-state index in [4.69, 9.17) is 32.7 Å². The number of hydrogen-bond acceptors (Lipinski definition) is 5. The molecular formula is C20H17BrCl2N2O4. The van der Waals surface area contributed by atoms with Crippen molar-refractivity contribution in [2.75, 3.05) is 19.1 Å². The maximum Gasteiger partial charge on any atom is 0.288 e. The lowest BCUT2D eigenvalue weighted by Crippen LogP contribution is -2.58. The molecule has 0 bridgehead atoms. The van der Waals surface area contributed by atoms with Crippen molar-refractivity contribution in [2.45, 2.75) is 25.0 Å². The number of halogens is 3. The number of fused-ring (bicyclic) bond motifs is 2. The smallest absolute Gasteiger partial charge is 0.288 e. The van der Waals surface area contributed by atoms with Crippen LogP contribution in [0.25, 0.3) is 6.08 Å². The summed E-state index contributed by atoms with van der Waals surface area (Å²) >= 11 is 16.4. The van der Waals surface area contributed by atoms with E-state index >= 15 is 0 Å². The fraction of sp³-hybridized carbons (Fsp3) is 0.300. The summed E-state index contributed by atoms with van der Waals surface area (Å²) in [6.07, 6.45) is 3.69. The van der Waals surface area contributed by atoms with E-state index in [-0.39, 0.29) is 11.4 Å². The van der Waals surface area contributed by atoms with Crippen molar-refractivity contribution in [1.82, 2.24) is 0 Å². The molecule has 2 aromatic carbocycles. The van der Waals surface area contributed by atoms with Gasteiger partial charge in [0, 0.05) is 23.2 Å². The van der Waals surface area contributed by atoms with Gasteiger partial charge in [-0.2, -0.15) is 0 Å². The Balaban J connectivity index is 1.97. The van der Waals surface area contributed by atoms with Crippen LogP contribution >= 0.6 is 39.1 Å². The highest BCUT2D eigenvalue weighted by Crippen LogP contribution is 2.59. The molecule has 1 unspecified atom stereocenters. The van der Waals surface area contributed by atoms with Gasteiger partial charge in [0.05, 0.1) is 34.2 Å². The fourth-order valence-corrected chi connectivity index (χ4v) is 5.54. The Morgan fingerprint density at radius 1 is 1.28 bits per heavy atom. The largest absolute Gasteiger partial charge is 0.493 e. The van der Waals surface area contributed by atoms with Crippen molar-refractivity contribution < 1.29 is 14.4 Å². The van der Waals surface area contributed by atoms with Gasteiger partial charge < -0.3 is 14.4 Å². The van der Waals surface area contributed by atoms with E-state index in [0.717, 1.165) is 11.3 Å². The van der Waals surface area contributed by atoms with E-state index in [1.807, 2.05) is 37.9 Å². The Labute approximate surface area is 186 Å². The Hall–Kier alpha value is -1.96. The summed E-state index contributed by atoms with van der Waals surface area (Å²) in [5.74, 6) is 0.684. The van der Waals surface area contributed by atoms with Gasteiger partial charge in [-0.15, -0.1) is 0 Å². The molecule has 152 valence electrons. The third kappa shape index (κ3) is 2.54. The third-order valence-electron chi connectivity index (χ3n) is 5.78. The quantitative estimate of drug-likeness (QED) is 0.363. The summed E-state index contributed by atoms with van der Waals surface area (Å²) in [5, 5.41) is 12.6. The minimum atomic E-state index is -0.959. The van der Waals surface area contributed by atoms with Gasteiger partial charge in [0.2, 0.25) is 5.72 Å². The van der Waals surface area contributed by atoms with Gasteiger partial charge in [0.1, 0.15) is 4.47 Å². The van der Waals surface area contributed by atoms with Gasteiger partial charge in [-0.3, -0.25) is 10.1 Å². The van der Waals surface area contributed by atoms with Crippen molar-refractivity contribution in [1.29, 1.82) is 0 Å². The van der Waals surface area contributed by atoms with E-state index in [0.29, 0.717) is 25.8 Å². The number of benzene rings is 2. The highest BCUT2D eigenvalue weighted by molar-refractivity contribution is 9.10. The monoisotopic (exact) mass is 498 g/mol. The van der Waals surface area contributed by atoms with Crippen LogP contribution in [0.1, 0.15) is 25.0 Å². The zero-order valence-electron chi connectivity index (χ0n) is 16.0. The van der Waals surface area contributed by atoms with E-state index in [1.54, 1.807) is 12.1 Å². The standard InChI is InChI=1S/C20H17BrCl2N2O4/c1-19(2)15-11(22)5-6-12(23)17(15)24(3)20(19)8-7-10-16(21)13(25(26)27)9-14(28-4)18(10)29-20/h5-9H,1-4H3. The minimum Gasteiger partial charge on any atom is -0.493 e. The number of nitrogens with zero attached hydrogens (tertiary/aromatic N) is 2. The minimum absolute atomic E-state index is 0.0989. The molecule has 2 aliphatic rings. The van der Waals surface area contributed by atoms with Crippen LogP contribution in [0.15, 0.2) is 28.7 Å². The molecule has 0 fully saturated rings. The Morgan fingerprint density at radius 3 is 2.52 bits per heavy atom. The molecule has 0 saturated heterocycles. The van der Waals surface area contributed by atoms with Crippen LogP contribution in [0.4, 0.5) is 11.4 Å². The molecule has 0 saturated carbocycles. The molecule has 0 N–H and O–H groups in total. The average Bonchev–Trinajstić information content (AvgIpc) is 2.84. The summed E-state index contributed by atoms with van der Waals surface area (Å²) in [7, 11) is 3.34. The van der Waals surface area contributed by atoms with Gasteiger partial charge >= 0.3 is 0 Å². The summed E-state index contributed by atoms with van der Waals surface area (Å²) < 4.78 is 12.3. The zero-order chi connectivity index (χ0) is 21.3.